The van der Waals surface area contributed by atoms with Crippen molar-refractivity contribution in [2.45, 2.75) is 24.2 Å². The zero-order chi connectivity index (χ0) is 13.3. The van der Waals surface area contributed by atoms with Gasteiger partial charge in [-0.15, -0.1) is 0 Å². The lowest BCUT2D eigenvalue weighted by atomic mass is 10.1. The van der Waals surface area contributed by atoms with Crippen molar-refractivity contribution in [1.82, 2.24) is 0 Å². The molecule has 2 N–H and O–H groups in total. The third-order valence-corrected chi connectivity index (χ3v) is 3.95. The fourth-order valence-electron chi connectivity index (χ4n) is 1.98. The summed E-state index contributed by atoms with van der Waals surface area (Å²) < 4.78 is 27.1. The van der Waals surface area contributed by atoms with Gasteiger partial charge in [-0.1, -0.05) is 12.1 Å². The molecule has 1 fully saturated rings. The van der Waals surface area contributed by atoms with Gasteiger partial charge in [0.05, 0.1) is 17.4 Å². The minimum Gasteiger partial charge on any atom is -0.466 e. The highest BCUT2D eigenvalue weighted by Crippen LogP contribution is 2.48. The lowest BCUT2D eigenvalue weighted by molar-refractivity contribution is -0.144. The first kappa shape index (κ1) is 13.0. The van der Waals surface area contributed by atoms with Crippen LogP contribution in [-0.4, -0.2) is 21.0 Å². The van der Waals surface area contributed by atoms with Crippen molar-refractivity contribution in [1.29, 1.82) is 0 Å². The van der Waals surface area contributed by atoms with Gasteiger partial charge < -0.3 is 4.74 Å². The van der Waals surface area contributed by atoms with Gasteiger partial charge in [0, 0.05) is 0 Å². The van der Waals surface area contributed by atoms with Gasteiger partial charge in [-0.2, -0.15) is 0 Å². The predicted molar refractivity (Wildman–Crippen MR) is 65.3 cm³/mol. The minimum absolute atomic E-state index is 0.0829. The van der Waals surface area contributed by atoms with Crippen molar-refractivity contribution in [3.8, 4) is 0 Å². The number of carbonyl (C=O) groups is 1. The van der Waals surface area contributed by atoms with Gasteiger partial charge in [0.15, 0.2) is 0 Å². The second-order valence-corrected chi connectivity index (χ2v) is 5.88. The molecule has 1 aliphatic rings. The molecule has 2 rings (SSSR count). The number of nitrogens with two attached hydrogens (primary N) is 1. The van der Waals surface area contributed by atoms with Crippen molar-refractivity contribution < 1.29 is 17.9 Å². The summed E-state index contributed by atoms with van der Waals surface area (Å²) in [4.78, 5) is 11.6. The van der Waals surface area contributed by atoms with E-state index in [-0.39, 0.29) is 22.7 Å². The van der Waals surface area contributed by atoms with Gasteiger partial charge in [0.25, 0.3) is 0 Å². The molecule has 0 amide bonds. The van der Waals surface area contributed by atoms with E-state index >= 15 is 0 Å². The number of hydrogen-bond acceptors (Lipinski definition) is 4. The predicted octanol–water partition coefficient (Wildman–Crippen LogP) is 1.00. The fraction of sp³-hybridized carbons (Fsp3) is 0.417. The lowest BCUT2D eigenvalue weighted by Crippen LogP contribution is -2.12. The smallest absolute Gasteiger partial charge is 0.309 e. The van der Waals surface area contributed by atoms with E-state index in [0.29, 0.717) is 6.61 Å². The number of esters is 1. The van der Waals surface area contributed by atoms with E-state index in [1.54, 1.807) is 19.1 Å². The third-order valence-electron chi connectivity index (χ3n) is 3.02. The van der Waals surface area contributed by atoms with E-state index in [2.05, 4.69) is 0 Å². The molecule has 0 aromatic heterocycles. The molecule has 2 unspecified atom stereocenters. The van der Waals surface area contributed by atoms with Crippen LogP contribution in [0.2, 0.25) is 0 Å². The topological polar surface area (TPSA) is 86.5 Å². The highest BCUT2D eigenvalue weighted by Gasteiger charge is 2.45. The second-order valence-electron chi connectivity index (χ2n) is 4.31. The Hall–Kier alpha value is -1.40. The lowest BCUT2D eigenvalue weighted by Gasteiger charge is -2.03. The largest absolute Gasteiger partial charge is 0.466 e. The number of primary sulfonamides is 1. The van der Waals surface area contributed by atoms with Crippen LogP contribution in [0.3, 0.4) is 0 Å². The van der Waals surface area contributed by atoms with Crippen LogP contribution in [0.15, 0.2) is 29.2 Å². The number of hydrogen-bond donors (Lipinski definition) is 1. The van der Waals surface area contributed by atoms with Gasteiger partial charge in [-0.3, -0.25) is 4.79 Å². The monoisotopic (exact) mass is 269 g/mol. The molecule has 2 atom stereocenters. The van der Waals surface area contributed by atoms with E-state index in [1.807, 2.05) is 0 Å². The summed E-state index contributed by atoms with van der Waals surface area (Å²) in [6.45, 7) is 2.16. The maximum absolute atomic E-state index is 11.5. The zero-order valence-corrected chi connectivity index (χ0v) is 10.8. The average molecular weight is 269 g/mol. The fourth-order valence-corrected chi connectivity index (χ4v) is 2.49. The number of ether oxygens (including phenoxy) is 1. The van der Waals surface area contributed by atoms with Gasteiger partial charge in [0.2, 0.25) is 10.0 Å². The first-order chi connectivity index (χ1) is 8.43. The van der Waals surface area contributed by atoms with Crippen molar-refractivity contribution in [3.63, 3.8) is 0 Å². The number of carbonyl (C=O) groups excluding carboxylic acids is 1. The van der Waals surface area contributed by atoms with Crippen molar-refractivity contribution in [2.75, 3.05) is 6.61 Å². The standard InChI is InChI=1S/C12H15NO4S/c1-2-17-12(14)11-7-10(11)8-3-5-9(6-4-8)18(13,15)16/h3-6,10-11H,2,7H2,1H3,(H2,13,15,16). The van der Waals surface area contributed by atoms with Gasteiger partial charge >= 0.3 is 5.97 Å². The number of rotatable bonds is 4. The molecular formula is C12H15NO4S. The molecule has 18 heavy (non-hydrogen) atoms. The first-order valence-electron chi connectivity index (χ1n) is 5.73. The van der Waals surface area contributed by atoms with E-state index < -0.39 is 10.0 Å². The molecule has 6 heteroatoms. The van der Waals surface area contributed by atoms with Crippen LogP contribution in [0, 0.1) is 5.92 Å². The maximum Gasteiger partial charge on any atom is 0.309 e. The van der Waals surface area contributed by atoms with Crippen LogP contribution in [0.1, 0.15) is 24.8 Å². The molecule has 1 saturated carbocycles. The average Bonchev–Trinajstić information content (AvgIpc) is 3.08. The third kappa shape index (κ3) is 2.70. The molecule has 0 saturated heterocycles. The first-order valence-corrected chi connectivity index (χ1v) is 7.27. The summed E-state index contributed by atoms with van der Waals surface area (Å²) in [6, 6.07) is 6.32. The van der Waals surface area contributed by atoms with Gasteiger partial charge in [-0.05, 0) is 37.0 Å². The molecule has 0 heterocycles. The van der Waals surface area contributed by atoms with Crippen LogP contribution in [-0.2, 0) is 19.6 Å². The van der Waals surface area contributed by atoms with Crippen LogP contribution in [0.25, 0.3) is 0 Å². The molecule has 1 aromatic carbocycles. The second kappa shape index (κ2) is 4.70. The Balaban J connectivity index is 2.07. The summed E-state index contributed by atoms with van der Waals surface area (Å²) in [5.41, 5.74) is 0.945. The molecule has 1 aliphatic carbocycles. The molecule has 1 aromatic rings. The molecule has 0 bridgehead atoms. The van der Waals surface area contributed by atoms with Crippen LogP contribution < -0.4 is 5.14 Å². The van der Waals surface area contributed by atoms with Crippen molar-refractivity contribution in [2.24, 2.45) is 11.1 Å². The Morgan fingerprint density at radius 2 is 2.00 bits per heavy atom. The van der Waals surface area contributed by atoms with E-state index in [9.17, 15) is 13.2 Å². The summed E-state index contributed by atoms with van der Waals surface area (Å²) in [6.07, 6.45) is 0.757. The van der Waals surface area contributed by atoms with E-state index in [1.165, 1.54) is 12.1 Å². The Morgan fingerprint density at radius 3 is 2.50 bits per heavy atom. The number of sulfonamides is 1. The van der Waals surface area contributed by atoms with Gasteiger partial charge in [0.1, 0.15) is 0 Å². The summed E-state index contributed by atoms with van der Waals surface area (Å²) in [5.74, 6) is -0.137. The molecule has 5 nitrogen and oxygen atoms in total. The van der Waals surface area contributed by atoms with Crippen molar-refractivity contribution >= 4 is 16.0 Å². The Bertz CT molecular complexity index is 550. The molecular weight excluding hydrogens is 254 g/mol. The van der Waals surface area contributed by atoms with Crippen LogP contribution in [0.5, 0.6) is 0 Å². The maximum atomic E-state index is 11.5. The number of benzene rings is 1. The Labute approximate surface area is 106 Å². The molecule has 0 spiro atoms. The van der Waals surface area contributed by atoms with Crippen LogP contribution in [0.4, 0.5) is 0 Å². The quantitative estimate of drug-likeness (QED) is 0.826. The van der Waals surface area contributed by atoms with Gasteiger partial charge in [-0.25, -0.2) is 13.6 Å². The summed E-state index contributed by atoms with van der Waals surface area (Å²) in [5, 5.41) is 5.01. The molecule has 0 radical (unpaired) electrons. The highest BCUT2D eigenvalue weighted by molar-refractivity contribution is 7.89. The Morgan fingerprint density at radius 1 is 1.39 bits per heavy atom. The normalized spacial score (nSPS) is 22.6. The summed E-state index contributed by atoms with van der Waals surface area (Å²) in [7, 11) is -3.65. The van der Waals surface area contributed by atoms with E-state index in [0.717, 1.165) is 12.0 Å². The van der Waals surface area contributed by atoms with Crippen LogP contribution >= 0.6 is 0 Å². The SMILES string of the molecule is CCOC(=O)C1CC1c1ccc(S(N)(=O)=O)cc1. The summed E-state index contributed by atoms with van der Waals surface area (Å²) >= 11 is 0. The highest BCUT2D eigenvalue weighted by atomic mass is 32.2. The molecule has 98 valence electrons. The minimum atomic E-state index is -3.65. The van der Waals surface area contributed by atoms with E-state index in [4.69, 9.17) is 9.88 Å². The molecule has 0 aliphatic heterocycles. The Kier molecular flexibility index (Phi) is 3.41. The zero-order valence-electron chi connectivity index (χ0n) is 10.00. The van der Waals surface area contributed by atoms with Crippen molar-refractivity contribution in [3.05, 3.63) is 29.8 Å².